The van der Waals surface area contributed by atoms with Crippen LogP contribution in [-0.2, 0) is 0 Å². The van der Waals surface area contributed by atoms with E-state index in [1.165, 1.54) is 5.56 Å². The Kier molecular flexibility index (Phi) is 4.94. The fourth-order valence-electron chi connectivity index (χ4n) is 1.60. The molecule has 2 aromatic carbocycles. The fourth-order valence-corrected chi connectivity index (χ4v) is 1.89. The first-order valence-corrected chi connectivity index (χ1v) is 6.79. The van der Waals surface area contributed by atoms with Gasteiger partial charge in [0.1, 0.15) is 12.4 Å². The van der Waals surface area contributed by atoms with Crippen LogP contribution in [0.4, 0.5) is 5.69 Å². The van der Waals surface area contributed by atoms with E-state index in [0.29, 0.717) is 16.7 Å². The zero-order chi connectivity index (χ0) is 13.7. The molecule has 0 atom stereocenters. The topological polar surface area (TPSA) is 21.3 Å². The van der Waals surface area contributed by atoms with Crippen LogP contribution >= 0.6 is 23.2 Å². The smallest absolute Gasteiger partial charge is 0.120 e. The number of halogens is 2. The minimum absolute atomic E-state index is 0.505. The summed E-state index contributed by atoms with van der Waals surface area (Å²) >= 11 is 11.7. The van der Waals surface area contributed by atoms with E-state index in [9.17, 15) is 0 Å². The third-order valence-corrected chi connectivity index (χ3v) is 3.38. The number of aryl methyl sites for hydroxylation is 1. The van der Waals surface area contributed by atoms with Gasteiger partial charge in [0.15, 0.2) is 0 Å². The molecule has 1 N–H and O–H groups in total. The van der Waals surface area contributed by atoms with Crippen LogP contribution in [0.15, 0.2) is 42.5 Å². The molecule has 2 rings (SSSR count). The summed E-state index contributed by atoms with van der Waals surface area (Å²) in [5.41, 5.74) is 2.33. The second kappa shape index (κ2) is 6.69. The van der Waals surface area contributed by atoms with Crippen molar-refractivity contribution >= 4 is 28.9 Å². The Morgan fingerprint density at radius 1 is 1.00 bits per heavy atom. The number of hydrogen-bond acceptors (Lipinski definition) is 2. The number of rotatable bonds is 5. The Balaban J connectivity index is 1.77. The van der Waals surface area contributed by atoms with Gasteiger partial charge in [0.25, 0.3) is 0 Å². The zero-order valence-corrected chi connectivity index (χ0v) is 12.1. The van der Waals surface area contributed by atoms with E-state index >= 15 is 0 Å². The predicted molar refractivity (Wildman–Crippen MR) is 81.6 cm³/mol. The summed E-state index contributed by atoms with van der Waals surface area (Å²) in [4.78, 5) is 0. The van der Waals surface area contributed by atoms with E-state index in [0.717, 1.165) is 18.0 Å². The zero-order valence-electron chi connectivity index (χ0n) is 10.6. The maximum atomic E-state index is 5.91. The van der Waals surface area contributed by atoms with Crippen LogP contribution in [-0.4, -0.2) is 13.2 Å². The number of benzene rings is 2. The minimum Gasteiger partial charge on any atom is -0.492 e. The lowest BCUT2D eigenvalue weighted by molar-refractivity contribution is 0.333. The van der Waals surface area contributed by atoms with Gasteiger partial charge in [-0.25, -0.2) is 0 Å². The van der Waals surface area contributed by atoms with Gasteiger partial charge >= 0.3 is 0 Å². The van der Waals surface area contributed by atoms with Gasteiger partial charge < -0.3 is 10.1 Å². The highest BCUT2D eigenvalue weighted by Gasteiger charge is 2.00. The average molecular weight is 296 g/mol. The van der Waals surface area contributed by atoms with Crippen molar-refractivity contribution < 1.29 is 4.74 Å². The largest absolute Gasteiger partial charge is 0.492 e. The van der Waals surface area contributed by atoms with Crippen molar-refractivity contribution in [3.05, 3.63) is 58.1 Å². The van der Waals surface area contributed by atoms with Gasteiger partial charge in [0.05, 0.1) is 10.0 Å². The van der Waals surface area contributed by atoms with E-state index in [1.54, 1.807) is 18.2 Å². The summed E-state index contributed by atoms with van der Waals surface area (Å²) < 4.78 is 5.58. The van der Waals surface area contributed by atoms with Crippen LogP contribution < -0.4 is 10.1 Å². The van der Waals surface area contributed by atoms with Crippen molar-refractivity contribution in [1.29, 1.82) is 0 Å². The number of anilines is 1. The minimum atomic E-state index is 0.505. The van der Waals surface area contributed by atoms with Gasteiger partial charge in [0, 0.05) is 18.3 Å². The first-order valence-electron chi connectivity index (χ1n) is 6.03. The normalized spacial score (nSPS) is 10.3. The lowest BCUT2D eigenvalue weighted by atomic mass is 10.2. The molecule has 0 radical (unpaired) electrons. The monoisotopic (exact) mass is 295 g/mol. The second-order valence-electron chi connectivity index (χ2n) is 4.22. The molecule has 0 amide bonds. The second-order valence-corrected chi connectivity index (χ2v) is 5.03. The maximum absolute atomic E-state index is 5.91. The van der Waals surface area contributed by atoms with E-state index in [2.05, 4.69) is 36.5 Å². The van der Waals surface area contributed by atoms with E-state index in [-0.39, 0.29) is 0 Å². The molecule has 0 unspecified atom stereocenters. The number of hydrogen-bond donors (Lipinski definition) is 1. The van der Waals surface area contributed by atoms with Crippen LogP contribution in [0.3, 0.4) is 0 Å². The van der Waals surface area contributed by atoms with Gasteiger partial charge in [-0.1, -0.05) is 40.9 Å². The van der Waals surface area contributed by atoms with Crippen LogP contribution in [0.1, 0.15) is 5.56 Å². The van der Waals surface area contributed by atoms with Gasteiger partial charge in [-0.05, 0) is 31.2 Å². The Morgan fingerprint density at radius 3 is 2.42 bits per heavy atom. The van der Waals surface area contributed by atoms with Crippen LogP contribution in [0.2, 0.25) is 10.0 Å². The lowest BCUT2D eigenvalue weighted by Crippen LogP contribution is -2.11. The summed E-state index contributed by atoms with van der Waals surface area (Å²) in [5, 5.41) is 4.32. The molecule has 2 nitrogen and oxygen atoms in total. The molecule has 2 aromatic rings. The Bertz CT molecular complexity index is 540. The van der Waals surface area contributed by atoms with E-state index in [4.69, 9.17) is 27.9 Å². The van der Waals surface area contributed by atoms with Crippen molar-refractivity contribution in [3.8, 4) is 5.75 Å². The molecule has 0 fully saturated rings. The molecule has 0 saturated heterocycles. The van der Waals surface area contributed by atoms with Crippen molar-refractivity contribution in [2.75, 3.05) is 18.5 Å². The summed E-state index contributed by atoms with van der Waals surface area (Å²) in [7, 11) is 0. The van der Waals surface area contributed by atoms with Crippen LogP contribution in [0, 0.1) is 6.92 Å². The fraction of sp³-hybridized carbons (Fsp3) is 0.200. The highest BCUT2D eigenvalue weighted by Crippen LogP contribution is 2.26. The summed E-state index contributed by atoms with van der Waals surface area (Å²) in [5.74, 6) is 0.722. The molecule has 19 heavy (non-hydrogen) atoms. The lowest BCUT2D eigenvalue weighted by Gasteiger charge is -2.09. The number of ether oxygens (including phenoxy) is 1. The standard InChI is InChI=1S/C15H15Cl2NO/c1-11-2-4-12(5-3-11)18-8-9-19-13-6-7-14(16)15(17)10-13/h2-7,10,18H,8-9H2,1H3. The Morgan fingerprint density at radius 2 is 1.74 bits per heavy atom. The van der Waals surface area contributed by atoms with Crippen molar-refractivity contribution in [1.82, 2.24) is 0 Å². The third-order valence-electron chi connectivity index (χ3n) is 2.64. The van der Waals surface area contributed by atoms with Crippen molar-refractivity contribution in [3.63, 3.8) is 0 Å². The molecule has 0 aromatic heterocycles. The van der Waals surface area contributed by atoms with Gasteiger partial charge in [-0.2, -0.15) is 0 Å². The molecular formula is C15H15Cl2NO. The Hall–Kier alpha value is -1.38. The van der Waals surface area contributed by atoms with Gasteiger partial charge in [0.2, 0.25) is 0 Å². The van der Waals surface area contributed by atoms with Gasteiger partial charge in [-0.15, -0.1) is 0 Å². The molecule has 0 aliphatic rings. The van der Waals surface area contributed by atoms with Crippen LogP contribution in [0.5, 0.6) is 5.75 Å². The maximum Gasteiger partial charge on any atom is 0.120 e. The van der Waals surface area contributed by atoms with Gasteiger partial charge in [-0.3, -0.25) is 0 Å². The SMILES string of the molecule is Cc1ccc(NCCOc2ccc(Cl)c(Cl)c2)cc1. The van der Waals surface area contributed by atoms with E-state index < -0.39 is 0 Å². The molecule has 0 bridgehead atoms. The molecule has 0 saturated carbocycles. The average Bonchev–Trinajstić information content (AvgIpc) is 2.41. The quantitative estimate of drug-likeness (QED) is 0.801. The number of nitrogens with one attached hydrogen (secondary N) is 1. The molecule has 0 heterocycles. The van der Waals surface area contributed by atoms with E-state index in [1.807, 2.05) is 0 Å². The summed E-state index contributed by atoms with van der Waals surface area (Å²) in [6.45, 7) is 3.35. The molecule has 100 valence electrons. The Labute approximate surface area is 123 Å². The third kappa shape index (κ3) is 4.34. The molecule has 0 aliphatic carbocycles. The highest BCUT2D eigenvalue weighted by atomic mass is 35.5. The molecule has 4 heteroatoms. The summed E-state index contributed by atoms with van der Waals surface area (Å²) in [6, 6.07) is 13.5. The molecular weight excluding hydrogens is 281 g/mol. The predicted octanol–water partition coefficient (Wildman–Crippen LogP) is 4.79. The van der Waals surface area contributed by atoms with Crippen molar-refractivity contribution in [2.45, 2.75) is 6.92 Å². The van der Waals surface area contributed by atoms with Crippen LogP contribution in [0.25, 0.3) is 0 Å². The first kappa shape index (κ1) is 14.0. The molecule has 0 spiro atoms. The summed E-state index contributed by atoms with van der Waals surface area (Å²) in [6.07, 6.45) is 0. The molecule has 0 aliphatic heterocycles. The first-order chi connectivity index (χ1) is 9.15. The van der Waals surface area contributed by atoms with Crippen molar-refractivity contribution in [2.24, 2.45) is 0 Å². The highest BCUT2D eigenvalue weighted by molar-refractivity contribution is 6.42.